The van der Waals surface area contributed by atoms with E-state index in [2.05, 4.69) is 0 Å². The smallest absolute Gasteiger partial charge is 0.416 e. The number of hydrogen-bond acceptors (Lipinski definition) is 9. The van der Waals surface area contributed by atoms with Crippen LogP contribution >= 0.6 is 11.8 Å². The third-order valence-corrected chi connectivity index (χ3v) is 8.08. The number of ether oxygens (including phenoxy) is 5. The van der Waals surface area contributed by atoms with Gasteiger partial charge in [-0.2, -0.15) is 0 Å². The van der Waals surface area contributed by atoms with Gasteiger partial charge in [0, 0.05) is 5.92 Å². The van der Waals surface area contributed by atoms with Crippen LogP contribution in [0.3, 0.4) is 0 Å². The standard InChI is InChI=1S/C31H42N2O7S/c1-20-26(21(2)34)39-28-25(27(20)38-19-23-12-14-24(36-6)15-13-23)32-29(41-28)33(30(35)40-31(3,4)5)16-17-37-18-22-10-8-7-9-11-22/h7-15,20-21,25-28,34H,16-19H2,1-6H3/t20-,21?,25-,26+,27?,28-/m1/s1. The van der Waals surface area contributed by atoms with Gasteiger partial charge in [-0.3, -0.25) is 9.89 Å². The molecule has 2 aliphatic heterocycles. The molecule has 10 heteroatoms. The quantitative estimate of drug-likeness (QED) is 0.377. The second-order valence-corrected chi connectivity index (χ2v) is 12.4. The zero-order valence-electron chi connectivity index (χ0n) is 24.7. The van der Waals surface area contributed by atoms with Crippen LogP contribution in [0.2, 0.25) is 0 Å². The molecule has 0 spiro atoms. The SMILES string of the molecule is COc1ccc(COC2[C@H]3N=C(N(CCOCc4ccccc4)C(=O)OC(C)(C)C)S[C@H]3O[C@H](C(C)O)[C@H]2C)cc1. The fraction of sp³-hybridized carbons (Fsp3) is 0.548. The summed E-state index contributed by atoms with van der Waals surface area (Å²) in [4.78, 5) is 19.8. The van der Waals surface area contributed by atoms with Crippen LogP contribution in [0.5, 0.6) is 5.75 Å². The minimum absolute atomic E-state index is 0.137. The molecule has 0 bridgehead atoms. The lowest BCUT2D eigenvalue weighted by Crippen LogP contribution is -2.54. The maximum atomic E-state index is 13.3. The Balaban J connectivity index is 1.51. The van der Waals surface area contributed by atoms with Crippen molar-refractivity contribution in [3.63, 3.8) is 0 Å². The van der Waals surface area contributed by atoms with Crippen molar-refractivity contribution in [3.8, 4) is 5.75 Å². The minimum atomic E-state index is -0.698. The molecule has 1 fully saturated rings. The summed E-state index contributed by atoms with van der Waals surface area (Å²) in [5.74, 6) is 0.640. The van der Waals surface area contributed by atoms with Crippen LogP contribution in [-0.4, -0.2) is 76.9 Å². The summed E-state index contributed by atoms with van der Waals surface area (Å²) in [7, 11) is 1.63. The van der Waals surface area contributed by atoms with Crippen molar-refractivity contribution in [1.29, 1.82) is 0 Å². The van der Waals surface area contributed by atoms with E-state index >= 15 is 0 Å². The van der Waals surface area contributed by atoms with Gasteiger partial charge in [0.25, 0.3) is 0 Å². The highest BCUT2D eigenvalue weighted by Gasteiger charge is 2.50. The van der Waals surface area contributed by atoms with Crippen LogP contribution in [0, 0.1) is 5.92 Å². The molecule has 4 rings (SSSR count). The molecule has 2 aromatic carbocycles. The van der Waals surface area contributed by atoms with Gasteiger partial charge in [-0.05, 0) is 51.0 Å². The molecule has 9 nitrogen and oxygen atoms in total. The van der Waals surface area contributed by atoms with Crippen molar-refractivity contribution in [2.45, 2.75) is 83.2 Å². The van der Waals surface area contributed by atoms with Crippen LogP contribution in [0.15, 0.2) is 59.6 Å². The molecule has 6 atom stereocenters. The fourth-order valence-electron chi connectivity index (χ4n) is 4.86. The van der Waals surface area contributed by atoms with E-state index in [1.54, 1.807) is 14.0 Å². The molecule has 1 saturated heterocycles. The monoisotopic (exact) mass is 586 g/mol. The molecular weight excluding hydrogens is 544 g/mol. The third kappa shape index (κ3) is 8.45. The minimum Gasteiger partial charge on any atom is -0.497 e. The van der Waals surface area contributed by atoms with E-state index in [1.165, 1.54) is 16.7 Å². The van der Waals surface area contributed by atoms with Gasteiger partial charge < -0.3 is 28.8 Å². The summed E-state index contributed by atoms with van der Waals surface area (Å²) in [6, 6.07) is 17.2. The molecule has 2 unspecified atom stereocenters. The Morgan fingerprint density at radius 2 is 1.78 bits per heavy atom. The van der Waals surface area contributed by atoms with Gasteiger partial charge in [0.1, 0.15) is 22.8 Å². The number of fused-ring (bicyclic) bond motifs is 1. The maximum absolute atomic E-state index is 13.3. The maximum Gasteiger partial charge on any atom is 0.416 e. The number of aliphatic imine (C=N–C) groups is 1. The van der Waals surface area contributed by atoms with Gasteiger partial charge in [-0.15, -0.1) is 0 Å². The molecule has 0 aromatic heterocycles. The van der Waals surface area contributed by atoms with Crippen LogP contribution in [0.1, 0.15) is 45.7 Å². The average Bonchev–Trinajstić information content (AvgIpc) is 3.35. The fourth-order valence-corrected chi connectivity index (χ4v) is 6.08. The van der Waals surface area contributed by atoms with E-state index in [-0.39, 0.29) is 24.6 Å². The number of methoxy groups -OCH3 is 1. The normalized spacial score (nSPS) is 24.8. The largest absolute Gasteiger partial charge is 0.497 e. The number of amidine groups is 1. The average molecular weight is 587 g/mol. The van der Waals surface area contributed by atoms with E-state index in [0.717, 1.165) is 16.9 Å². The van der Waals surface area contributed by atoms with Gasteiger partial charge in [-0.1, -0.05) is 61.2 Å². The number of thioether (sulfide) groups is 1. The highest BCUT2D eigenvalue weighted by Crippen LogP contribution is 2.42. The predicted molar refractivity (Wildman–Crippen MR) is 159 cm³/mol. The molecule has 2 aromatic rings. The number of carbonyl (C=O) groups excluding carboxylic acids is 1. The number of nitrogens with zero attached hydrogens (tertiary/aromatic N) is 2. The second-order valence-electron chi connectivity index (χ2n) is 11.4. The lowest BCUT2D eigenvalue weighted by atomic mass is 9.87. The predicted octanol–water partition coefficient (Wildman–Crippen LogP) is 5.25. The first kappa shape index (κ1) is 31.3. The Kier molecular flexibility index (Phi) is 10.7. The van der Waals surface area contributed by atoms with Crippen molar-refractivity contribution in [2.75, 3.05) is 20.3 Å². The van der Waals surface area contributed by atoms with Gasteiger partial charge in [0.15, 0.2) is 5.17 Å². The lowest BCUT2D eigenvalue weighted by Gasteiger charge is -2.42. The van der Waals surface area contributed by atoms with Crippen LogP contribution < -0.4 is 4.74 Å². The number of aliphatic hydroxyl groups excluding tert-OH is 1. The van der Waals surface area contributed by atoms with E-state index in [0.29, 0.717) is 25.0 Å². The van der Waals surface area contributed by atoms with E-state index in [1.807, 2.05) is 82.3 Å². The molecule has 1 N–H and O–H groups in total. The molecule has 0 aliphatic carbocycles. The molecule has 2 heterocycles. The first-order chi connectivity index (χ1) is 19.6. The first-order valence-corrected chi connectivity index (χ1v) is 14.9. The van der Waals surface area contributed by atoms with Crippen molar-refractivity contribution >= 4 is 23.0 Å². The summed E-state index contributed by atoms with van der Waals surface area (Å²) in [5.41, 5.74) is 0.953. The van der Waals surface area contributed by atoms with Crippen molar-refractivity contribution in [3.05, 3.63) is 65.7 Å². The summed E-state index contributed by atoms with van der Waals surface area (Å²) < 4.78 is 29.7. The van der Waals surface area contributed by atoms with Crippen molar-refractivity contribution < 1.29 is 33.6 Å². The number of amides is 1. The van der Waals surface area contributed by atoms with Crippen molar-refractivity contribution in [1.82, 2.24) is 4.90 Å². The number of carbonyl (C=O) groups is 1. The van der Waals surface area contributed by atoms with E-state index in [9.17, 15) is 9.90 Å². The number of rotatable bonds is 10. The molecule has 41 heavy (non-hydrogen) atoms. The lowest BCUT2D eigenvalue weighted by molar-refractivity contribution is -0.165. The molecule has 2 aliphatic rings. The Morgan fingerprint density at radius 1 is 1.10 bits per heavy atom. The summed E-state index contributed by atoms with van der Waals surface area (Å²) >= 11 is 1.35. The molecular formula is C31H42N2O7S. The highest BCUT2D eigenvalue weighted by atomic mass is 32.2. The van der Waals surface area contributed by atoms with Crippen molar-refractivity contribution in [2.24, 2.45) is 10.9 Å². The Labute approximate surface area is 247 Å². The third-order valence-electron chi connectivity index (χ3n) is 6.92. The topological polar surface area (TPSA) is 99.1 Å². The Morgan fingerprint density at radius 3 is 2.41 bits per heavy atom. The van der Waals surface area contributed by atoms with Crippen LogP contribution in [-0.2, 0) is 32.2 Å². The molecule has 224 valence electrons. The van der Waals surface area contributed by atoms with Gasteiger partial charge >= 0.3 is 6.09 Å². The summed E-state index contributed by atoms with van der Waals surface area (Å²) in [5, 5.41) is 11.0. The Hall–Kier alpha value is -2.63. The van der Waals surface area contributed by atoms with E-state index < -0.39 is 29.3 Å². The first-order valence-electron chi connectivity index (χ1n) is 14.0. The highest BCUT2D eigenvalue weighted by molar-refractivity contribution is 8.14. The number of aliphatic hydroxyl groups is 1. The molecule has 1 amide bonds. The molecule has 0 radical (unpaired) electrons. The van der Waals surface area contributed by atoms with Gasteiger partial charge in [0.2, 0.25) is 0 Å². The zero-order valence-corrected chi connectivity index (χ0v) is 25.5. The summed E-state index contributed by atoms with van der Waals surface area (Å²) in [6.07, 6.45) is -1.98. The second kappa shape index (κ2) is 14.0. The Bertz CT molecular complexity index is 1150. The number of benzene rings is 2. The van der Waals surface area contributed by atoms with Crippen LogP contribution in [0.25, 0.3) is 0 Å². The van der Waals surface area contributed by atoms with Gasteiger partial charge in [0.05, 0.1) is 51.8 Å². The van der Waals surface area contributed by atoms with E-state index in [4.69, 9.17) is 28.7 Å². The summed E-state index contributed by atoms with van der Waals surface area (Å²) in [6.45, 7) is 10.6. The zero-order chi connectivity index (χ0) is 29.6. The van der Waals surface area contributed by atoms with Crippen LogP contribution in [0.4, 0.5) is 4.79 Å². The number of hydrogen-bond donors (Lipinski definition) is 1. The molecule has 0 saturated carbocycles. The van der Waals surface area contributed by atoms with Gasteiger partial charge in [-0.25, -0.2) is 4.79 Å².